The summed E-state index contributed by atoms with van der Waals surface area (Å²) in [5, 5.41) is 13.9. The number of nitrogens with two attached hydrogens (primary N) is 1. The Morgan fingerprint density at radius 2 is 1.63 bits per heavy atom. The van der Waals surface area contributed by atoms with Crippen molar-refractivity contribution in [3.63, 3.8) is 0 Å². The number of rotatable bonds is 4. The van der Waals surface area contributed by atoms with Crippen molar-refractivity contribution in [1.82, 2.24) is 0 Å². The molecule has 0 aromatic heterocycles. The molecule has 2 nitrogen and oxygen atoms in total. The molecule has 0 atom stereocenters. The van der Waals surface area contributed by atoms with Crippen molar-refractivity contribution in [2.45, 2.75) is 17.7 Å². The second kappa shape index (κ2) is 10.0. The Morgan fingerprint density at radius 1 is 1.00 bits per heavy atom. The molecular weight excluding hydrogens is 322 g/mol. The van der Waals surface area contributed by atoms with E-state index in [1.807, 2.05) is 42.5 Å². The molecule has 19 heavy (non-hydrogen) atoms. The molecule has 0 fully saturated rings. The van der Waals surface area contributed by atoms with Crippen LogP contribution in [0.1, 0.15) is 12.0 Å². The summed E-state index contributed by atoms with van der Waals surface area (Å²) in [6.45, 7) is 0.287. The summed E-state index contributed by atoms with van der Waals surface area (Å²) >= 11 is 4.60. The fraction of sp³-hybridized carbons (Fsp3) is 0.200. The number of aliphatic hydroxyl groups is 1. The van der Waals surface area contributed by atoms with Crippen LogP contribution in [0.3, 0.4) is 0 Å². The SMILES string of the molecule is NSc1ccccc1Br.OCCCc1ccccc1. The smallest absolute Gasteiger partial charge is 0.0434 e. The Balaban J connectivity index is 0.000000191. The van der Waals surface area contributed by atoms with E-state index in [2.05, 4.69) is 28.1 Å². The maximum atomic E-state index is 8.53. The molecule has 0 bridgehead atoms. The van der Waals surface area contributed by atoms with E-state index in [0.29, 0.717) is 0 Å². The highest BCUT2D eigenvalue weighted by atomic mass is 79.9. The zero-order chi connectivity index (χ0) is 13.9. The van der Waals surface area contributed by atoms with Gasteiger partial charge in [0.2, 0.25) is 0 Å². The van der Waals surface area contributed by atoms with Gasteiger partial charge in [0.05, 0.1) is 0 Å². The Labute approximate surface area is 127 Å². The lowest BCUT2D eigenvalue weighted by molar-refractivity contribution is 0.288. The second-order valence-corrected chi connectivity index (χ2v) is 5.39. The Kier molecular flexibility index (Phi) is 8.58. The Hall–Kier alpha value is -0.810. The van der Waals surface area contributed by atoms with Crippen LogP contribution in [0.2, 0.25) is 0 Å². The zero-order valence-corrected chi connectivity index (χ0v) is 13.0. The number of benzene rings is 2. The van der Waals surface area contributed by atoms with Crippen LogP contribution in [-0.2, 0) is 6.42 Å². The first-order chi connectivity index (χ1) is 9.27. The molecule has 102 valence electrons. The highest BCUT2D eigenvalue weighted by molar-refractivity contribution is 9.10. The lowest BCUT2D eigenvalue weighted by atomic mass is 10.1. The fourth-order valence-corrected chi connectivity index (χ4v) is 2.37. The maximum absolute atomic E-state index is 8.53. The minimum atomic E-state index is 0.287. The minimum Gasteiger partial charge on any atom is -0.396 e. The predicted molar refractivity (Wildman–Crippen MR) is 86.0 cm³/mol. The van der Waals surface area contributed by atoms with Gasteiger partial charge in [-0.1, -0.05) is 42.5 Å². The highest BCUT2D eigenvalue weighted by Crippen LogP contribution is 2.22. The van der Waals surface area contributed by atoms with Crippen molar-refractivity contribution >= 4 is 27.9 Å². The summed E-state index contributed by atoms with van der Waals surface area (Å²) < 4.78 is 1.05. The van der Waals surface area contributed by atoms with Crippen LogP contribution < -0.4 is 5.14 Å². The average molecular weight is 340 g/mol. The molecule has 0 unspecified atom stereocenters. The minimum absolute atomic E-state index is 0.287. The number of halogens is 1. The van der Waals surface area contributed by atoms with Crippen molar-refractivity contribution < 1.29 is 5.11 Å². The van der Waals surface area contributed by atoms with Crippen LogP contribution in [-0.4, -0.2) is 11.7 Å². The van der Waals surface area contributed by atoms with Gasteiger partial charge in [-0.2, -0.15) is 0 Å². The van der Waals surface area contributed by atoms with E-state index >= 15 is 0 Å². The van der Waals surface area contributed by atoms with Gasteiger partial charge in [-0.05, 0) is 58.4 Å². The summed E-state index contributed by atoms with van der Waals surface area (Å²) in [5.74, 6) is 0. The molecule has 0 heterocycles. The van der Waals surface area contributed by atoms with Crippen LogP contribution in [0.15, 0.2) is 64.0 Å². The molecule has 2 aromatic carbocycles. The standard InChI is InChI=1S/C9H12O.C6H6BrNS/c10-8-4-7-9-5-2-1-3-6-9;7-5-3-1-2-4-6(5)9-8/h1-3,5-6,10H,4,7-8H2;1-4H,8H2. The third-order valence-electron chi connectivity index (χ3n) is 2.43. The first-order valence-electron chi connectivity index (χ1n) is 6.04. The zero-order valence-electron chi connectivity index (χ0n) is 10.6. The molecule has 0 aliphatic carbocycles. The molecule has 0 aliphatic rings. The number of hydrogen-bond donors (Lipinski definition) is 2. The molecule has 0 spiro atoms. The van der Waals surface area contributed by atoms with Gasteiger partial charge in [-0.15, -0.1) is 0 Å². The maximum Gasteiger partial charge on any atom is 0.0434 e. The largest absolute Gasteiger partial charge is 0.396 e. The van der Waals surface area contributed by atoms with E-state index in [0.717, 1.165) is 22.2 Å². The van der Waals surface area contributed by atoms with E-state index in [9.17, 15) is 0 Å². The van der Waals surface area contributed by atoms with E-state index in [1.54, 1.807) is 0 Å². The van der Waals surface area contributed by atoms with Gasteiger partial charge in [0.15, 0.2) is 0 Å². The monoisotopic (exact) mass is 339 g/mol. The highest BCUT2D eigenvalue weighted by Gasteiger charge is 1.92. The normalized spacial score (nSPS) is 9.63. The van der Waals surface area contributed by atoms with Crippen molar-refractivity contribution in [3.05, 3.63) is 64.6 Å². The first-order valence-corrected chi connectivity index (χ1v) is 7.71. The van der Waals surface area contributed by atoms with Gasteiger partial charge in [-0.3, -0.25) is 5.14 Å². The van der Waals surface area contributed by atoms with Crippen molar-refractivity contribution in [3.8, 4) is 0 Å². The van der Waals surface area contributed by atoms with E-state index in [1.165, 1.54) is 17.5 Å². The van der Waals surface area contributed by atoms with Crippen molar-refractivity contribution in [2.24, 2.45) is 5.14 Å². The summed E-state index contributed by atoms with van der Waals surface area (Å²) in [5.41, 5.74) is 1.30. The summed E-state index contributed by atoms with van der Waals surface area (Å²) in [4.78, 5) is 1.07. The molecule has 4 heteroatoms. The van der Waals surface area contributed by atoms with Crippen LogP contribution in [0.4, 0.5) is 0 Å². The molecule has 0 saturated carbocycles. The van der Waals surface area contributed by atoms with Crippen molar-refractivity contribution in [1.29, 1.82) is 0 Å². The van der Waals surface area contributed by atoms with E-state index in [-0.39, 0.29) is 6.61 Å². The van der Waals surface area contributed by atoms with Crippen LogP contribution in [0.25, 0.3) is 0 Å². The van der Waals surface area contributed by atoms with E-state index in [4.69, 9.17) is 10.2 Å². The Bertz CT molecular complexity index is 465. The summed E-state index contributed by atoms with van der Waals surface area (Å²) in [6.07, 6.45) is 1.85. The van der Waals surface area contributed by atoms with Crippen molar-refractivity contribution in [2.75, 3.05) is 6.61 Å². The van der Waals surface area contributed by atoms with Crippen LogP contribution in [0.5, 0.6) is 0 Å². The fourth-order valence-electron chi connectivity index (χ4n) is 1.47. The second-order valence-electron chi connectivity index (χ2n) is 3.86. The summed E-state index contributed by atoms with van der Waals surface area (Å²) in [7, 11) is 0. The molecule has 0 amide bonds. The quantitative estimate of drug-likeness (QED) is 0.826. The van der Waals surface area contributed by atoms with Gasteiger partial charge in [-0.25, -0.2) is 0 Å². The molecule has 0 radical (unpaired) electrons. The average Bonchev–Trinajstić information content (AvgIpc) is 2.47. The van der Waals surface area contributed by atoms with Crippen LogP contribution in [0, 0.1) is 0 Å². The van der Waals surface area contributed by atoms with Crippen LogP contribution >= 0.6 is 27.9 Å². The topological polar surface area (TPSA) is 46.2 Å². The Morgan fingerprint density at radius 3 is 2.16 bits per heavy atom. The molecule has 3 N–H and O–H groups in total. The van der Waals surface area contributed by atoms with Gasteiger partial charge in [0.1, 0.15) is 0 Å². The number of aliphatic hydroxyl groups excluding tert-OH is 1. The third kappa shape index (κ3) is 6.78. The lowest BCUT2D eigenvalue weighted by Crippen LogP contribution is -1.87. The number of hydrogen-bond acceptors (Lipinski definition) is 3. The third-order valence-corrected chi connectivity index (χ3v) is 3.99. The number of aryl methyl sites for hydroxylation is 1. The molecule has 2 aromatic rings. The van der Waals surface area contributed by atoms with Gasteiger partial charge < -0.3 is 5.11 Å². The molecule has 0 aliphatic heterocycles. The molecule has 2 rings (SSSR count). The lowest BCUT2D eigenvalue weighted by Gasteiger charge is -1.96. The molecular formula is C15H18BrNOS. The first kappa shape index (κ1) is 16.2. The summed E-state index contributed by atoms with van der Waals surface area (Å²) in [6, 6.07) is 18.1. The predicted octanol–water partition coefficient (Wildman–Crippen LogP) is 4.03. The van der Waals surface area contributed by atoms with Gasteiger partial charge in [0, 0.05) is 16.0 Å². The van der Waals surface area contributed by atoms with Gasteiger partial charge >= 0.3 is 0 Å². The van der Waals surface area contributed by atoms with E-state index < -0.39 is 0 Å². The molecule has 0 saturated heterocycles. The van der Waals surface area contributed by atoms with Gasteiger partial charge in [0.25, 0.3) is 0 Å².